The molecule has 6 heteroatoms. The second kappa shape index (κ2) is 5.11. The summed E-state index contributed by atoms with van der Waals surface area (Å²) < 4.78 is 27.8. The van der Waals surface area contributed by atoms with E-state index in [0.29, 0.717) is 6.54 Å². The lowest BCUT2D eigenvalue weighted by Gasteiger charge is -2.38. The topological polar surface area (TPSA) is 81.4 Å². The molecule has 0 saturated heterocycles. The van der Waals surface area contributed by atoms with E-state index >= 15 is 0 Å². The average molecular weight is 284 g/mol. The number of para-hydroxylation sites is 1. The number of hydrogen-bond acceptors (Lipinski definition) is 4. The van der Waals surface area contributed by atoms with Crippen molar-refractivity contribution < 1.29 is 13.2 Å². The Kier molecular flexibility index (Phi) is 3.85. The van der Waals surface area contributed by atoms with Crippen LogP contribution in [0, 0.1) is 0 Å². The number of rotatable bonds is 4. The van der Waals surface area contributed by atoms with Gasteiger partial charge >= 0.3 is 0 Å². The first kappa shape index (κ1) is 14.3. The summed E-state index contributed by atoms with van der Waals surface area (Å²) in [5.74, 6) is 0.791. The molecular weight excluding hydrogens is 264 g/mol. The molecule has 5 nitrogen and oxygen atoms in total. The molecule has 2 rings (SSSR count). The van der Waals surface area contributed by atoms with E-state index in [0.717, 1.165) is 17.7 Å². The normalized spacial score (nSPS) is 21.5. The Morgan fingerprint density at radius 2 is 2.11 bits per heavy atom. The Morgan fingerprint density at radius 1 is 1.42 bits per heavy atom. The third-order valence-electron chi connectivity index (χ3n) is 3.15. The van der Waals surface area contributed by atoms with Crippen molar-refractivity contribution in [2.45, 2.75) is 31.9 Å². The first-order valence-corrected chi connectivity index (χ1v) is 8.00. The van der Waals surface area contributed by atoms with Crippen molar-refractivity contribution in [1.29, 1.82) is 0 Å². The van der Waals surface area contributed by atoms with Gasteiger partial charge in [-0.2, -0.15) is 0 Å². The second-order valence-electron chi connectivity index (χ2n) is 5.48. The summed E-state index contributed by atoms with van der Waals surface area (Å²) in [4.78, 5) is 0. The van der Waals surface area contributed by atoms with Crippen LogP contribution in [-0.4, -0.2) is 26.3 Å². The Balaban J connectivity index is 2.12. The van der Waals surface area contributed by atoms with Gasteiger partial charge in [0.05, 0.1) is 5.75 Å². The van der Waals surface area contributed by atoms with E-state index in [4.69, 9.17) is 9.88 Å². The maximum atomic E-state index is 11.0. The van der Waals surface area contributed by atoms with E-state index < -0.39 is 10.0 Å². The van der Waals surface area contributed by atoms with Crippen LogP contribution in [0.1, 0.15) is 31.9 Å². The standard InChI is InChI=1S/C13H20N2O3S/c1-13(2)9-11(15-7-8-19(14,16)17)10-5-3-4-6-12(10)18-13/h3-6,11,15H,7-9H2,1-2H3,(H2,14,16,17). The molecule has 0 fully saturated rings. The molecule has 0 amide bonds. The number of nitrogens with two attached hydrogens (primary N) is 1. The van der Waals surface area contributed by atoms with Crippen LogP contribution in [0.3, 0.4) is 0 Å². The molecule has 1 aliphatic rings. The van der Waals surface area contributed by atoms with E-state index in [9.17, 15) is 8.42 Å². The predicted molar refractivity (Wildman–Crippen MR) is 74.5 cm³/mol. The highest BCUT2D eigenvalue weighted by Gasteiger charge is 2.33. The molecule has 0 spiro atoms. The van der Waals surface area contributed by atoms with Crippen LogP contribution in [0.5, 0.6) is 5.75 Å². The van der Waals surface area contributed by atoms with Gasteiger partial charge in [-0.15, -0.1) is 0 Å². The Morgan fingerprint density at radius 3 is 2.79 bits per heavy atom. The van der Waals surface area contributed by atoms with Crippen molar-refractivity contribution in [2.75, 3.05) is 12.3 Å². The number of ether oxygens (including phenoxy) is 1. The number of fused-ring (bicyclic) bond motifs is 1. The molecule has 1 aromatic carbocycles. The zero-order chi connectivity index (χ0) is 14.1. The number of benzene rings is 1. The summed E-state index contributed by atoms with van der Waals surface area (Å²) in [6, 6.07) is 7.90. The summed E-state index contributed by atoms with van der Waals surface area (Å²) >= 11 is 0. The van der Waals surface area contributed by atoms with Crippen molar-refractivity contribution in [2.24, 2.45) is 5.14 Å². The Labute approximate surface area is 114 Å². The molecular formula is C13H20N2O3S. The monoisotopic (exact) mass is 284 g/mol. The van der Waals surface area contributed by atoms with Gasteiger partial charge in [0.15, 0.2) is 0 Å². The van der Waals surface area contributed by atoms with Crippen molar-refractivity contribution in [3.05, 3.63) is 29.8 Å². The van der Waals surface area contributed by atoms with Gasteiger partial charge in [-0.3, -0.25) is 0 Å². The van der Waals surface area contributed by atoms with E-state index in [1.165, 1.54) is 0 Å². The highest BCUT2D eigenvalue weighted by molar-refractivity contribution is 7.89. The minimum Gasteiger partial charge on any atom is -0.487 e. The van der Waals surface area contributed by atoms with Crippen LogP contribution in [-0.2, 0) is 10.0 Å². The van der Waals surface area contributed by atoms with Gasteiger partial charge in [0.25, 0.3) is 0 Å². The molecule has 0 aromatic heterocycles. The molecule has 3 N–H and O–H groups in total. The van der Waals surface area contributed by atoms with E-state index in [-0.39, 0.29) is 17.4 Å². The molecule has 0 saturated carbocycles. The average Bonchev–Trinajstić information content (AvgIpc) is 2.25. The SMILES string of the molecule is CC1(C)CC(NCCS(N)(=O)=O)c2ccccc2O1. The molecule has 0 aliphatic carbocycles. The Hall–Kier alpha value is -1.11. The molecule has 1 aliphatic heterocycles. The second-order valence-corrected chi connectivity index (χ2v) is 7.21. The van der Waals surface area contributed by atoms with E-state index in [1.54, 1.807) is 0 Å². The highest BCUT2D eigenvalue weighted by Crippen LogP contribution is 2.38. The van der Waals surface area contributed by atoms with Gasteiger partial charge < -0.3 is 10.1 Å². The van der Waals surface area contributed by atoms with Gasteiger partial charge in [0, 0.05) is 24.6 Å². The van der Waals surface area contributed by atoms with E-state index in [2.05, 4.69) is 5.32 Å². The largest absolute Gasteiger partial charge is 0.487 e. The summed E-state index contributed by atoms with van der Waals surface area (Å²) in [7, 11) is -3.42. The molecule has 0 bridgehead atoms. The zero-order valence-electron chi connectivity index (χ0n) is 11.2. The smallest absolute Gasteiger partial charge is 0.210 e. The van der Waals surface area contributed by atoms with Gasteiger partial charge in [-0.25, -0.2) is 13.6 Å². The predicted octanol–water partition coefficient (Wildman–Crippen LogP) is 1.17. The third kappa shape index (κ3) is 3.92. The molecule has 1 unspecified atom stereocenters. The third-order valence-corrected chi connectivity index (χ3v) is 3.93. The number of primary sulfonamides is 1. The van der Waals surface area contributed by atoms with Crippen molar-refractivity contribution in [3.8, 4) is 5.75 Å². The van der Waals surface area contributed by atoms with Crippen LogP contribution >= 0.6 is 0 Å². The van der Waals surface area contributed by atoms with Crippen LogP contribution in [0.15, 0.2) is 24.3 Å². The van der Waals surface area contributed by atoms with Crippen molar-refractivity contribution in [3.63, 3.8) is 0 Å². The van der Waals surface area contributed by atoms with Gasteiger partial charge in [-0.1, -0.05) is 18.2 Å². The van der Waals surface area contributed by atoms with Crippen LogP contribution in [0.25, 0.3) is 0 Å². The minimum absolute atomic E-state index is 0.0625. The van der Waals surface area contributed by atoms with Gasteiger partial charge in [-0.05, 0) is 19.9 Å². The Bertz CT molecular complexity index is 555. The number of hydrogen-bond donors (Lipinski definition) is 2. The fourth-order valence-electron chi connectivity index (χ4n) is 2.36. The lowest BCUT2D eigenvalue weighted by atomic mass is 9.90. The van der Waals surface area contributed by atoms with Crippen LogP contribution in [0.4, 0.5) is 0 Å². The molecule has 19 heavy (non-hydrogen) atoms. The van der Waals surface area contributed by atoms with Crippen molar-refractivity contribution in [1.82, 2.24) is 5.32 Å². The van der Waals surface area contributed by atoms with Gasteiger partial charge in [0.1, 0.15) is 11.4 Å². The maximum Gasteiger partial charge on any atom is 0.210 e. The molecule has 1 atom stereocenters. The maximum absolute atomic E-state index is 11.0. The lowest BCUT2D eigenvalue weighted by molar-refractivity contribution is 0.0665. The van der Waals surface area contributed by atoms with Gasteiger partial charge in [0.2, 0.25) is 10.0 Å². The van der Waals surface area contributed by atoms with Crippen LogP contribution in [0.2, 0.25) is 0 Å². The summed E-state index contributed by atoms with van der Waals surface area (Å²) in [5, 5.41) is 8.26. The zero-order valence-corrected chi connectivity index (χ0v) is 12.0. The molecule has 106 valence electrons. The molecule has 0 radical (unpaired) electrons. The summed E-state index contributed by atoms with van der Waals surface area (Å²) in [6.07, 6.45) is 0.786. The first-order valence-electron chi connectivity index (χ1n) is 6.29. The first-order chi connectivity index (χ1) is 8.77. The molecule has 1 heterocycles. The minimum atomic E-state index is -3.42. The lowest BCUT2D eigenvalue weighted by Crippen LogP contribution is -2.40. The fraction of sp³-hybridized carbons (Fsp3) is 0.538. The summed E-state index contributed by atoms with van der Waals surface area (Å²) in [5.41, 5.74) is 0.796. The van der Waals surface area contributed by atoms with E-state index in [1.807, 2.05) is 38.1 Å². The summed E-state index contributed by atoms with van der Waals surface area (Å²) in [6.45, 7) is 4.39. The number of nitrogens with one attached hydrogen (secondary N) is 1. The fourth-order valence-corrected chi connectivity index (χ4v) is 2.76. The number of sulfonamides is 1. The quantitative estimate of drug-likeness (QED) is 0.869. The highest BCUT2D eigenvalue weighted by atomic mass is 32.2. The van der Waals surface area contributed by atoms with Crippen LogP contribution < -0.4 is 15.2 Å². The molecule has 1 aromatic rings. The van der Waals surface area contributed by atoms with Crippen molar-refractivity contribution >= 4 is 10.0 Å².